The molecule has 2 N–H and O–H groups in total. The summed E-state index contributed by atoms with van der Waals surface area (Å²) in [6.45, 7) is 1.83. The van der Waals surface area contributed by atoms with Gasteiger partial charge in [0, 0.05) is 12.1 Å². The van der Waals surface area contributed by atoms with Crippen molar-refractivity contribution in [2.45, 2.75) is 24.5 Å². The molecule has 0 aliphatic carbocycles. The number of rotatable bonds is 9. The topological polar surface area (TPSA) is 98.1 Å². The number of nitrogens with zero attached hydrogens (tertiary/aromatic N) is 3. The van der Waals surface area contributed by atoms with E-state index in [1.807, 2.05) is 31.2 Å². The van der Waals surface area contributed by atoms with Gasteiger partial charge in [0.05, 0.1) is 36.0 Å². The average Bonchev–Trinajstić information content (AvgIpc) is 3.15. The van der Waals surface area contributed by atoms with Crippen molar-refractivity contribution in [3.8, 4) is 5.75 Å². The van der Waals surface area contributed by atoms with Crippen molar-refractivity contribution < 1.29 is 14.3 Å². The van der Waals surface area contributed by atoms with E-state index in [4.69, 9.17) is 27.9 Å². The predicted octanol–water partition coefficient (Wildman–Crippen LogP) is 4.28. The molecule has 8 nitrogen and oxygen atoms in total. The number of benzene rings is 2. The molecular formula is C22H23Cl2N5O3S. The second-order valence-electron chi connectivity index (χ2n) is 7.17. The Hall–Kier alpha value is -2.75. The minimum absolute atomic E-state index is 0.114. The van der Waals surface area contributed by atoms with Gasteiger partial charge in [0.2, 0.25) is 11.8 Å². The molecule has 0 radical (unpaired) electrons. The number of nitrogens with one attached hydrogen (secondary N) is 2. The van der Waals surface area contributed by atoms with Gasteiger partial charge in [-0.1, -0.05) is 47.1 Å². The lowest BCUT2D eigenvalue weighted by Gasteiger charge is -2.14. The number of carbonyl (C=O) groups excluding carboxylic acids is 2. The number of halogens is 2. The van der Waals surface area contributed by atoms with E-state index in [1.165, 1.54) is 11.8 Å². The third-order valence-electron chi connectivity index (χ3n) is 4.69. The van der Waals surface area contributed by atoms with Crippen LogP contribution in [-0.2, 0) is 23.1 Å². The molecule has 0 aliphatic heterocycles. The second kappa shape index (κ2) is 11.4. The summed E-state index contributed by atoms with van der Waals surface area (Å²) < 4.78 is 6.89. The Morgan fingerprint density at radius 2 is 1.85 bits per heavy atom. The van der Waals surface area contributed by atoms with Gasteiger partial charge in [-0.2, -0.15) is 0 Å². The molecule has 0 bridgehead atoms. The molecule has 0 spiro atoms. The van der Waals surface area contributed by atoms with Crippen LogP contribution in [0.25, 0.3) is 0 Å². The summed E-state index contributed by atoms with van der Waals surface area (Å²) in [6, 6.07) is 11.8. The Kier molecular flexibility index (Phi) is 8.60. The molecule has 0 aliphatic rings. The molecule has 0 fully saturated rings. The van der Waals surface area contributed by atoms with Crippen LogP contribution in [0.5, 0.6) is 5.75 Å². The highest BCUT2D eigenvalue weighted by Crippen LogP contribution is 2.26. The fraction of sp³-hybridized carbons (Fsp3) is 0.273. The van der Waals surface area contributed by atoms with E-state index in [2.05, 4.69) is 20.8 Å². The van der Waals surface area contributed by atoms with Crippen molar-refractivity contribution in [3.05, 3.63) is 63.9 Å². The largest absolute Gasteiger partial charge is 0.497 e. The van der Waals surface area contributed by atoms with Gasteiger partial charge in [-0.05, 0) is 42.8 Å². The Morgan fingerprint density at radius 3 is 2.52 bits per heavy atom. The number of hydrogen-bond acceptors (Lipinski definition) is 6. The predicted molar refractivity (Wildman–Crippen MR) is 130 cm³/mol. The number of ether oxygens (including phenoxy) is 1. The summed E-state index contributed by atoms with van der Waals surface area (Å²) in [5, 5.41) is 15.4. The van der Waals surface area contributed by atoms with E-state index in [-0.39, 0.29) is 30.0 Å². The number of amides is 2. The van der Waals surface area contributed by atoms with Crippen LogP contribution < -0.4 is 15.4 Å². The number of thioether (sulfide) groups is 1. The van der Waals surface area contributed by atoms with Crippen molar-refractivity contribution >= 4 is 52.5 Å². The zero-order chi connectivity index (χ0) is 24.0. The van der Waals surface area contributed by atoms with Gasteiger partial charge >= 0.3 is 0 Å². The quantitative estimate of drug-likeness (QED) is 0.419. The van der Waals surface area contributed by atoms with Crippen LogP contribution in [0.1, 0.15) is 24.4 Å². The SMILES string of the molecule is COc1ccc(CC(=O)NC(C)c2nnc(SCC(=O)Nc3ccc(Cl)cc3Cl)n2C)cc1. The van der Waals surface area contributed by atoms with Crippen molar-refractivity contribution in [1.29, 1.82) is 0 Å². The summed E-state index contributed by atoms with van der Waals surface area (Å²) in [5.74, 6) is 1.06. The molecule has 0 saturated carbocycles. The van der Waals surface area contributed by atoms with E-state index < -0.39 is 0 Å². The lowest BCUT2D eigenvalue weighted by atomic mass is 10.1. The monoisotopic (exact) mass is 507 g/mol. The summed E-state index contributed by atoms with van der Waals surface area (Å²) in [6.07, 6.45) is 0.237. The van der Waals surface area contributed by atoms with Crippen LogP contribution in [0.15, 0.2) is 47.6 Å². The minimum atomic E-state index is -0.357. The Morgan fingerprint density at radius 1 is 1.12 bits per heavy atom. The Balaban J connectivity index is 1.53. The van der Waals surface area contributed by atoms with Crippen molar-refractivity contribution in [2.24, 2.45) is 7.05 Å². The third kappa shape index (κ3) is 6.86. The Bertz CT molecular complexity index is 1140. The fourth-order valence-corrected chi connectivity index (χ4v) is 4.20. The van der Waals surface area contributed by atoms with E-state index in [1.54, 1.807) is 36.9 Å². The van der Waals surface area contributed by atoms with Crippen molar-refractivity contribution in [1.82, 2.24) is 20.1 Å². The highest BCUT2D eigenvalue weighted by molar-refractivity contribution is 7.99. The average molecular weight is 508 g/mol. The molecule has 174 valence electrons. The zero-order valence-electron chi connectivity index (χ0n) is 18.3. The van der Waals surface area contributed by atoms with Gasteiger partial charge in [-0.15, -0.1) is 10.2 Å². The molecule has 1 unspecified atom stereocenters. The molecule has 1 atom stereocenters. The maximum Gasteiger partial charge on any atom is 0.234 e. The van der Waals surface area contributed by atoms with Gasteiger partial charge in [0.1, 0.15) is 5.75 Å². The van der Waals surface area contributed by atoms with Gasteiger partial charge in [-0.3, -0.25) is 9.59 Å². The fourth-order valence-electron chi connectivity index (χ4n) is 3.02. The van der Waals surface area contributed by atoms with Crippen LogP contribution in [0.2, 0.25) is 10.0 Å². The van der Waals surface area contributed by atoms with Crippen molar-refractivity contribution in [3.63, 3.8) is 0 Å². The molecule has 3 aromatic rings. The smallest absolute Gasteiger partial charge is 0.234 e. The lowest BCUT2D eigenvalue weighted by Crippen LogP contribution is -2.29. The van der Waals surface area contributed by atoms with Crippen LogP contribution in [-0.4, -0.2) is 39.4 Å². The molecule has 2 amide bonds. The van der Waals surface area contributed by atoms with E-state index in [0.29, 0.717) is 26.7 Å². The minimum Gasteiger partial charge on any atom is -0.497 e. The van der Waals surface area contributed by atoms with E-state index in [0.717, 1.165) is 11.3 Å². The maximum atomic E-state index is 12.4. The first kappa shape index (κ1) is 24.9. The number of carbonyl (C=O) groups is 2. The van der Waals surface area contributed by atoms with Crippen LogP contribution in [0.4, 0.5) is 5.69 Å². The molecule has 3 rings (SSSR count). The summed E-state index contributed by atoms with van der Waals surface area (Å²) in [5.41, 5.74) is 1.36. The maximum absolute atomic E-state index is 12.4. The molecule has 33 heavy (non-hydrogen) atoms. The first-order valence-corrected chi connectivity index (χ1v) is 11.7. The van der Waals surface area contributed by atoms with E-state index >= 15 is 0 Å². The molecule has 11 heteroatoms. The summed E-state index contributed by atoms with van der Waals surface area (Å²) >= 11 is 13.2. The zero-order valence-corrected chi connectivity index (χ0v) is 20.6. The standard InChI is InChI=1S/C22H23Cl2N5O3S/c1-13(25-19(30)10-14-4-7-16(32-3)8-5-14)21-27-28-22(29(21)2)33-12-20(31)26-18-9-6-15(23)11-17(18)24/h4-9,11,13H,10,12H2,1-3H3,(H,25,30)(H,26,31). The van der Waals surface area contributed by atoms with E-state index in [9.17, 15) is 9.59 Å². The first-order valence-electron chi connectivity index (χ1n) is 9.96. The van der Waals surface area contributed by atoms with Gasteiger partial charge in [-0.25, -0.2) is 0 Å². The molecule has 1 heterocycles. The number of methoxy groups -OCH3 is 1. The molecule has 0 saturated heterocycles. The number of hydrogen-bond donors (Lipinski definition) is 2. The second-order valence-corrected chi connectivity index (χ2v) is 8.96. The summed E-state index contributed by atoms with van der Waals surface area (Å²) in [4.78, 5) is 24.7. The first-order chi connectivity index (χ1) is 15.8. The van der Waals surface area contributed by atoms with Gasteiger partial charge in [0.25, 0.3) is 0 Å². The molecular weight excluding hydrogens is 485 g/mol. The highest BCUT2D eigenvalue weighted by Gasteiger charge is 2.19. The molecule has 1 aromatic heterocycles. The summed E-state index contributed by atoms with van der Waals surface area (Å²) in [7, 11) is 3.39. The molecule has 2 aromatic carbocycles. The number of anilines is 1. The van der Waals surface area contributed by atoms with Crippen molar-refractivity contribution in [2.75, 3.05) is 18.2 Å². The van der Waals surface area contributed by atoms with Crippen LogP contribution in [0.3, 0.4) is 0 Å². The lowest BCUT2D eigenvalue weighted by molar-refractivity contribution is -0.121. The number of aromatic nitrogens is 3. The highest BCUT2D eigenvalue weighted by atomic mass is 35.5. The van der Waals surface area contributed by atoms with Crippen LogP contribution in [0, 0.1) is 0 Å². The van der Waals surface area contributed by atoms with Gasteiger partial charge < -0.3 is 19.9 Å². The Labute approximate surface area is 206 Å². The third-order valence-corrected chi connectivity index (χ3v) is 6.26. The van der Waals surface area contributed by atoms with Gasteiger partial charge in [0.15, 0.2) is 11.0 Å². The van der Waals surface area contributed by atoms with Crippen LogP contribution >= 0.6 is 35.0 Å². The normalized spacial score (nSPS) is 11.7.